The number of aromatic hydroxyl groups is 1. The van der Waals surface area contributed by atoms with Gasteiger partial charge in [-0.05, 0) is 60.8 Å². The lowest BCUT2D eigenvalue weighted by Gasteiger charge is -2.33. The molecule has 5 rings (SSSR count). The van der Waals surface area contributed by atoms with Crippen molar-refractivity contribution in [2.75, 3.05) is 32.6 Å². The van der Waals surface area contributed by atoms with E-state index in [1.54, 1.807) is 24.3 Å². The van der Waals surface area contributed by atoms with E-state index < -0.39 is 33.5 Å². The maximum atomic E-state index is 12.5. The fraction of sp³-hybridized carbons (Fsp3) is 0.410. The van der Waals surface area contributed by atoms with Gasteiger partial charge in [0.2, 0.25) is 21.7 Å². The van der Waals surface area contributed by atoms with Crippen LogP contribution in [0.15, 0.2) is 83.8 Å². The van der Waals surface area contributed by atoms with Gasteiger partial charge >= 0.3 is 5.69 Å². The first-order valence-electron chi connectivity index (χ1n) is 17.2. The molecule has 12 heteroatoms. The van der Waals surface area contributed by atoms with Crippen molar-refractivity contribution < 1.29 is 32.8 Å². The Hall–Kier alpha value is -4.38. The molecule has 0 radical (unpaired) electrons. The van der Waals surface area contributed by atoms with Crippen molar-refractivity contribution in [2.24, 2.45) is 0 Å². The summed E-state index contributed by atoms with van der Waals surface area (Å²) in [5, 5.41) is 21.4. The van der Waals surface area contributed by atoms with Gasteiger partial charge in [0.25, 0.3) is 0 Å². The third-order valence-electron chi connectivity index (χ3n) is 8.50. The summed E-state index contributed by atoms with van der Waals surface area (Å²) in [6.45, 7) is 7.52. The van der Waals surface area contributed by atoms with Gasteiger partial charge in [0.1, 0.15) is 5.75 Å². The third-order valence-corrected chi connectivity index (χ3v) is 9.48. The first-order chi connectivity index (χ1) is 24.4. The Morgan fingerprint density at radius 3 is 2.55 bits per heavy atom. The molecule has 0 fully saturated rings. The summed E-state index contributed by atoms with van der Waals surface area (Å²) < 4.78 is 42.6. The fourth-order valence-corrected chi connectivity index (χ4v) is 6.54. The summed E-state index contributed by atoms with van der Waals surface area (Å²) in [5.74, 6) is 5.75. The zero-order chi connectivity index (χ0) is 36.4. The van der Waals surface area contributed by atoms with Crippen LogP contribution >= 0.6 is 0 Å². The van der Waals surface area contributed by atoms with Gasteiger partial charge in [-0.1, -0.05) is 67.1 Å². The molecule has 51 heavy (non-hydrogen) atoms. The summed E-state index contributed by atoms with van der Waals surface area (Å²) in [6.07, 6.45) is 5.70. The highest BCUT2D eigenvalue weighted by Gasteiger charge is 2.28. The van der Waals surface area contributed by atoms with Crippen molar-refractivity contribution in [3.8, 4) is 29.2 Å². The van der Waals surface area contributed by atoms with Gasteiger partial charge in [-0.25, -0.2) is 17.8 Å². The van der Waals surface area contributed by atoms with E-state index in [1.807, 2.05) is 50.2 Å². The number of rotatable bonds is 16. The number of unbranched alkanes of at least 4 members (excludes halogenated alkanes) is 3. The summed E-state index contributed by atoms with van der Waals surface area (Å²) in [6, 6.07) is 22.8. The Labute approximate surface area is 300 Å². The molecule has 0 spiro atoms. The molecule has 0 aliphatic carbocycles. The Balaban J connectivity index is 1.03. The van der Waals surface area contributed by atoms with Crippen molar-refractivity contribution in [1.82, 2.24) is 13.4 Å². The van der Waals surface area contributed by atoms with E-state index in [4.69, 9.17) is 14.2 Å². The molecule has 1 atom stereocenters. The number of imidazole rings is 1. The van der Waals surface area contributed by atoms with Crippen LogP contribution in [-0.4, -0.2) is 70.4 Å². The Morgan fingerprint density at radius 1 is 1.00 bits per heavy atom. The Kier molecular flexibility index (Phi) is 12.8. The maximum absolute atomic E-state index is 12.5. The van der Waals surface area contributed by atoms with Crippen LogP contribution in [0.4, 0.5) is 0 Å². The number of benzene rings is 3. The molecule has 0 bridgehead atoms. The van der Waals surface area contributed by atoms with Crippen LogP contribution in [0.5, 0.6) is 11.6 Å². The minimum absolute atomic E-state index is 0.312. The molecule has 0 saturated heterocycles. The van der Waals surface area contributed by atoms with E-state index in [0.717, 1.165) is 72.7 Å². The van der Waals surface area contributed by atoms with Crippen molar-refractivity contribution in [1.29, 1.82) is 0 Å². The number of nitrogens with zero attached hydrogens (tertiary/aromatic N) is 3. The first-order valence-corrected chi connectivity index (χ1v) is 19.1. The van der Waals surface area contributed by atoms with E-state index in [9.17, 15) is 23.4 Å². The van der Waals surface area contributed by atoms with Gasteiger partial charge in [0, 0.05) is 51.1 Å². The number of hydrogen-bond donors (Lipinski definition) is 2. The van der Waals surface area contributed by atoms with Gasteiger partial charge in [-0.2, -0.15) is 3.97 Å². The molecule has 2 N–H and O–H groups in total. The fourth-order valence-electron chi connectivity index (χ4n) is 5.89. The molecule has 1 aromatic heterocycles. The quantitative estimate of drug-likeness (QED) is 0.116. The largest absolute Gasteiger partial charge is 0.493 e. The molecular formula is C39H47N3O8S. The van der Waals surface area contributed by atoms with Gasteiger partial charge in [0.05, 0.1) is 37.5 Å². The molecule has 11 nitrogen and oxygen atoms in total. The third kappa shape index (κ3) is 10.8. The smallest absolute Gasteiger partial charge is 0.349 e. The standard InChI is InChI=1S/C39H47N3O8S/c1-39(2)49-29-33-25-32(19-20-36(33)50-39)35(43)27-40(26-31-15-7-6-8-16-31)21-10-4-5-11-22-48-23-12-9-14-30-17-13-18-34(24-30)42-37(44)28-41(38(42)45)51(3,46)47/h6-8,13,15-20,24-25,28,35,43-44H,4-5,10-12,21-23,26-27,29H2,1-3H3/t35-/m0/s1. The number of fused-ring (bicyclic) bond motifs is 1. The highest BCUT2D eigenvalue weighted by molar-refractivity contribution is 7.89. The predicted octanol–water partition coefficient (Wildman–Crippen LogP) is 5.35. The average molecular weight is 718 g/mol. The van der Waals surface area contributed by atoms with E-state index in [-0.39, 0.29) is 0 Å². The second kappa shape index (κ2) is 17.2. The zero-order valence-corrected chi connectivity index (χ0v) is 30.3. The topological polar surface area (TPSA) is 132 Å². The number of aliphatic hydroxyl groups excluding tert-OH is 1. The van der Waals surface area contributed by atoms with Crippen molar-refractivity contribution in [3.05, 3.63) is 112 Å². The van der Waals surface area contributed by atoms with E-state index in [2.05, 4.69) is 28.9 Å². The van der Waals surface area contributed by atoms with Gasteiger partial charge in [0.15, 0.2) is 0 Å². The van der Waals surface area contributed by atoms with Crippen LogP contribution in [0.3, 0.4) is 0 Å². The highest BCUT2D eigenvalue weighted by Crippen LogP contribution is 2.33. The van der Waals surface area contributed by atoms with Crippen LogP contribution in [0, 0.1) is 11.8 Å². The van der Waals surface area contributed by atoms with Crippen molar-refractivity contribution >= 4 is 10.0 Å². The van der Waals surface area contributed by atoms with E-state index in [0.29, 0.717) is 48.0 Å². The monoisotopic (exact) mass is 717 g/mol. The normalized spacial score (nSPS) is 14.4. The summed E-state index contributed by atoms with van der Waals surface area (Å²) in [5.41, 5.74) is 3.07. The Bertz CT molecular complexity index is 1990. The molecule has 3 aromatic carbocycles. The molecule has 0 unspecified atom stereocenters. The summed E-state index contributed by atoms with van der Waals surface area (Å²) in [4.78, 5) is 14.9. The van der Waals surface area contributed by atoms with E-state index in [1.165, 1.54) is 5.56 Å². The predicted molar refractivity (Wildman–Crippen MR) is 195 cm³/mol. The minimum atomic E-state index is -3.85. The first kappa shape index (κ1) is 37.9. The second-order valence-electron chi connectivity index (χ2n) is 13.2. The molecule has 2 heterocycles. The van der Waals surface area contributed by atoms with Crippen LogP contribution in [0.25, 0.3) is 5.69 Å². The highest BCUT2D eigenvalue weighted by atomic mass is 32.2. The number of aliphatic hydroxyl groups is 1. The molecule has 1 aliphatic heterocycles. The number of ether oxygens (including phenoxy) is 3. The van der Waals surface area contributed by atoms with Gasteiger partial charge in [-0.3, -0.25) is 4.90 Å². The Morgan fingerprint density at radius 2 is 1.78 bits per heavy atom. The molecule has 1 aliphatic rings. The van der Waals surface area contributed by atoms with Crippen LogP contribution in [-0.2, 0) is 32.6 Å². The lowest BCUT2D eigenvalue weighted by atomic mass is 10.0. The van der Waals surface area contributed by atoms with Crippen molar-refractivity contribution in [3.63, 3.8) is 0 Å². The molecule has 0 saturated carbocycles. The number of hydrogen-bond acceptors (Lipinski definition) is 9. The summed E-state index contributed by atoms with van der Waals surface area (Å²) >= 11 is 0. The van der Waals surface area contributed by atoms with Crippen LogP contribution in [0.1, 0.15) is 74.3 Å². The van der Waals surface area contributed by atoms with Crippen LogP contribution < -0.4 is 10.4 Å². The van der Waals surface area contributed by atoms with Gasteiger partial charge < -0.3 is 24.4 Å². The lowest BCUT2D eigenvalue weighted by Crippen LogP contribution is -2.35. The van der Waals surface area contributed by atoms with Crippen LogP contribution in [0.2, 0.25) is 0 Å². The number of aromatic nitrogens is 2. The SMILES string of the molecule is CC1(C)OCc2cc([C@@H](O)CN(CCCCCCOCCC#Cc3cccc(-n4c(O)cn(S(C)(=O)=O)c4=O)c3)Cc3ccccc3)ccc2O1. The van der Waals surface area contributed by atoms with Gasteiger partial charge in [-0.15, -0.1) is 0 Å². The molecule has 272 valence electrons. The molecular weight excluding hydrogens is 671 g/mol. The lowest BCUT2D eigenvalue weighted by molar-refractivity contribution is -0.180. The van der Waals surface area contributed by atoms with Crippen molar-refractivity contribution in [2.45, 2.75) is 71.0 Å². The second-order valence-corrected chi connectivity index (χ2v) is 15.0. The maximum Gasteiger partial charge on any atom is 0.349 e. The average Bonchev–Trinajstić information content (AvgIpc) is 3.40. The minimum Gasteiger partial charge on any atom is -0.493 e. The molecule has 0 amide bonds. The van der Waals surface area contributed by atoms with E-state index >= 15 is 0 Å². The molecule has 4 aromatic rings. The zero-order valence-electron chi connectivity index (χ0n) is 29.5. The summed E-state index contributed by atoms with van der Waals surface area (Å²) in [7, 11) is -3.85.